The minimum atomic E-state index is -0.716. The predicted molar refractivity (Wildman–Crippen MR) is 215 cm³/mol. The van der Waals surface area contributed by atoms with Crippen molar-refractivity contribution in [1.82, 2.24) is 19.6 Å². The zero-order valence-corrected chi connectivity index (χ0v) is 32.0. The number of hydrogen-bond acceptors (Lipinski definition) is 6. The van der Waals surface area contributed by atoms with Crippen LogP contribution in [0.25, 0.3) is 6.08 Å². The molecular weight excluding hydrogens is 698 g/mol. The van der Waals surface area contributed by atoms with Crippen molar-refractivity contribution in [2.24, 2.45) is 0 Å². The summed E-state index contributed by atoms with van der Waals surface area (Å²) in [5, 5.41) is 0.715. The average Bonchev–Trinajstić information content (AvgIpc) is 3.20. The van der Waals surface area contributed by atoms with Gasteiger partial charge in [-0.1, -0.05) is 78.3 Å². The number of anilines is 1. The number of nitrogens with zero attached hydrogens (tertiary/aromatic N) is 5. The second kappa shape index (κ2) is 18.8. The van der Waals surface area contributed by atoms with Crippen LogP contribution in [0.2, 0.25) is 5.02 Å². The lowest BCUT2D eigenvalue weighted by molar-refractivity contribution is -0.145. The molecule has 0 unspecified atom stereocenters. The van der Waals surface area contributed by atoms with Gasteiger partial charge in [0.25, 0.3) is 0 Å². The number of halogens is 1. The second-order valence-electron chi connectivity index (χ2n) is 13.9. The monoisotopic (exact) mass is 747 g/mol. The summed E-state index contributed by atoms with van der Waals surface area (Å²) in [6.45, 7) is 10.7. The molecule has 282 valence electrons. The first-order valence-electron chi connectivity index (χ1n) is 18.9. The minimum absolute atomic E-state index is 0.0484. The number of amides is 3. The van der Waals surface area contributed by atoms with Gasteiger partial charge in [-0.3, -0.25) is 19.3 Å². The van der Waals surface area contributed by atoms with Crippen molar-refractivity contribution in [3.63, 3.8) is 0 Å². The van der Waals surface area contributed by atoms with Crippen molar-refractivity contribution >= 4 is 41.1 Å². The Hall–Kier alpha value is -5.12. The van der Waals surface area contributed by atoms with Gasteiger partial charge in [-0.25, -0.2) is 0 Å². The summed E-state index contributed by atoms with van der Waals surface area (Å²) in [4.78, 5) is 51.1. The fourth-order valence-electron chi connectivity index (χ4n) is 7.09. The molecule has 54 heavy (non-hydrogen) atoms. The lowest BCUT2D eigenvalue weighted by atomic mass is 10.0. The maximum atomic E-state index is 14.7. The zero-order valence-electron chi connectivity index (χ0n) is 31.3. The molecule has 9 nitrogen and oxygen atoms in total. The van der Waals surface area contributed by atoms with Crippen molar-refractivity contribution in [1.29, 1.82) is 0 Å². The molecule has 0 saturated carbocycles. The molecule has 0 aromatic heterocycles. The molecule has 2 heterocycles. The molecule has 0 radical (unpaired) electrons. The first kappa shape index (κ1) is 38.6. The Labute approximate surface area is 324 Å². The molecule has 3 amide bonds. The Morgan fingerprint density at radius 2 is 1.37 bits per heavy atom. The Bertz CT molecular complexity index is 1850. The van der Waals surface area contributed by atoms with Crippen molar-refractivity contribution in [2.75, 3.05) is 63.9 Å². The van der Waals surface area contributed by atoms with Gasteiger partial charge in [0.15, 0.2) is 0 Å². The van der Waals surface area contributed by atoms with Crippen molar-refractivity contribution in [2.45, 2.75) is 39.4 Å². The van der Waals surface area contributed by atoms with E-state index in [1.165, 1.54) is 5.56 Å². The van der Waals surface area contributed by atoms with Gasteiger partial charge < -0.3 is 24.3 Å². The molecule has 4 aromatic rings. The summed E-state index contributed by atoms with van der Waals surface area (Å²) in [6, 6.07) is 33.0. The maximum Gasteiger partial charge on any atom is 0.247 e. The molecule has 0 N–H and O–H groups in total. The minimum Gasteiger partial charge on any atom is -0.494 e. The number of rotatable bonds is 13. The van der Waals surface area contributed by atoms with E-state index in [1.807, 2.05) is 108 Å². The van der Waals surface area contributed by atoms with Crippen molar-refractivity contribution in [3.05, 3.63) is 136 Å². The largest absolute Gasteiger partial charge is 0.494 e. The van der Waals surface area contributed by atoms with E-state index >= 15 is 0 Å². The van der Waals surface area contributed by atoms with Crippen LogP contribution in [0.1, 0.15) is 36.1 Å². The molecule has 1 atom stereocenters. The van der Waals surface area contributed by atoms with Crippen molar-refractivity contribution < 1.29 is 19.1 Å². The van der Waals surface area contributed by atoms with Crippen LogP contribution in [0.15, 0.2) is 109 Å². The molecule has 2 fully saturated rings. The summed E-state index contributed by atoms with van der Waals surface area (Å²) in [7, 11) is 0. The molecule has 4 aromatic carbocycles. The summed E-state index contributed by atoms with van der Waals surface area (Å²) < 4.78 is 5.60. The van der Waals surface area contributed by atoms with Crippen LogP contribution in [-0.2, 0) is 33.9 Å². The molecule has 0 spiro atoms. The van der Waals surface area contributed by atoms with E-state index in [0.29, 0.717) is 44.2 Å². The van der Waals surface area contributed by atoms with E-state index in [-0.39, 0.29) is 24.3 Å². The lowest BCUT2D eigenvalue weighted by Gasteiger charge is -2.39. The van der Waals surface area contributed by atoms with Crippen LogP contribution in [0.5, 0.6) is 5.75 Å². The predicted octanol–water partition coefficient (Wildman–Crippen LogP) is 6.40. The third-order valence-corrected chi connectivity index (χ3v) is 10.5. The van der Waals surface area contributed by atoms with Gasteiger partial charge in [-0.15, -0.1) is 0 Å². The first-order valence-corrected chi connectivity index (χ1v) is 19.2. The summed E-state index contributed by atoms with van der Waals surface area (Å²) in [6.07, 6.45) is 3.77. The third-order valence-electron chi connectivity index (χ3n) is 10.2. The number of hydrogen-bond donors (Lipinski definition) is 0. The van der Waals surface area contributed by atoms with Gasteiger partial charge in [0.2, 0.25) is 17.7 Å². The van der Waals surface area contributed by atoms with Crippen LogP contribution in [-0.4, -0.2) is 102 Å². The summed E-state index contributed by atoms with van der Waals surface area (Å²) >= 11 is 6.11. The van der Waals surface area contributed by atoms with E-state index in [1.54, 1.807) is 24.0 Å². The van der Waals surface area contributed by atoms with Crippen LogP contribution in [0.3, 0.4) is 0 Å². The topological polar surface area (TPSA) is 76.6 Å². The summed E-state index contributed by atoms with van der Waals surface area (Å²) in [5.74, 6) is 0.594. The molecule has 10 heteroatoms. The Balaban J connectivity index is 1.24. The third kappa shape index (κ3) is 10.5. The van der Waals surface area contributed by atoms with Crippen molar-refractivity contribution in [3.8, 4) is 5.75 Å². The van der Waals surface area contributed by atoms with Crippen LogP contribution in [0, 0.1) is 0 Å². The summed E-state index contributed by atoms with van der Waals surface area (Å²) in [5.41, 5.74) is 5.04. The fraction of sp³-hybridized carbons (Fsp3) is 0.341. The number of carbonyl (C=O) groups is 3. The molecule has 2 aliphatic rings. The van der Waals surface area contributed by atoms with Gasteiger partial charge in [0.1, 0.15) is 11.8 Å². The van der Waals surface area contributed by atoms with E-state index in [0.717, 1.165) is 60.9 Å². The molecule has 0 bridgehead atoms. The van der Waals surface area contributed by atoms with Gasteiger partial charge in [0.05, 0.1) is 6.61 Å². The quantitative estimate of drug-likeness (QED) is 0.147. The van der Waals surface area contributed by atoms with Gasteiger partial charge in [-0.05, 0) is 71.7 Å². The number of ether oxygens (including phenoxy) is 1. The second-order valence-corrected chi connectivity index (χ2v) is 14.3. The Morgan fingerprint density at radius 3 is 2.00 bits per heavy atom. The van der Waals surface area contributed by atoms with Gasteiger partial charge in [0, 0.05) is 95.6 Å². The van der Waals surface area contributed by atoms with E-state index in [2.05, 4.69) is 21.9 Å². The fourth-order valence-corrected chi connectivity index (χ4v) is 7.21. The smallest absolute Gasteiger partial charge is 0.247 e. The molecule has 0 aliphatic carbocycles. The van der Waals surface area contributed by atoms with Crippen LogP contribution < -0.4 is 9.64 Å². The van der Waals surface area contributed by atoms with E-state index in [9.17, 15) is 14.4 Å². The zero-order chi connectivity index (χ0) is 37.9. The highest BCUT2D eigenvalue weighted by molar-refractivity contribution is 6.30. The highest BCUT2D eigenvalue weighted by Gasteiger charge is 2.34. The highest BCUT2D eigenvalue weighted by Crippen LogP contribution is 2.23. The Morgan fingerprint density at radius 1 is 0.741 bits per heavy atom. The van der Waals surface area contributed by atoms with Gasteiger partial charge >= 0.3 is 0 Å². The average molecular weight is 748 g/mol. The normalized spacial score (nSPS) is 15.6. The lowest BCUT2D eigenvalue weighted by Crippen LogP contribution is -2.56. The standard InChI is InChI=1S/C44H50ClN5O4/c1-3-54-41-20-13-35(14-21-41)15-22-43(52)50(33-38-11-18-40(19-12-38)48-29-27-47(28-30-48)34(2)51)42(31-36-7-5-4-6-8-36)44(53)49-25-23-46(24-26-49)32-37-9-16-39(45)17-10-37/h4-22,42H,3,23-33H2,1-2H3/b22-15+/t42-/m0/s1. The Kier molecular flexibility index (Phi) is 13.4. The number of benzene rings is 4. The van der Waals surface area contributed by atoms with Crippen LogP contribution in [0.4, 0.5) is 5.69 Å². The SMILES string of the molecule is CCOc1ccc(/C=C/C(=O)N(Cc2ccc(N3CCN(C(C)=O)CC3)cc2)[C@@H](Cc2ccccc2)C(=O)N2CCN(Cc3ccc(Cl)cc3)CC2)cc1. The maximum absolute atomic E-state index is 14.7. The van der Waals surface area contributed by atoms with Crippen LogP contribution >= 0.6 is 11.6 Å². The number of piperazine rings is 2. The van der Waals surface area contributed by atoms with E-state index in [4.69, 9.17) is 16.3 Å². The molecular formula is C44H50ClN5O4. The van der Waals surface area contributed by atoms with E-state index < -0.39 is 6.04 Å². The van der Waals surface area contributed by atoms with Gasteiger partial charge in [-0.2, -0.15) is 0 Å². The molecule has 2 saturated heterocycles. The first-order chi connectivity index (χ1) is 26.2. The molecule has 6 rings (SSSR count). The highest BCUT2D eigenvalue weighted by atomic mass is 35.5. The molecule has 2 aliphatic heterocycles. The number of carbonyl (C=O) groups excluding carboxylic acids is 3.